The first kappa shape index (κ1) is 13.8. The zero-order chi connectivity index (χ0) is 16.1. The normalized spacial score (nSPS) is 17.1. The summed E-state index contributed by atoms with van der Waals surface area (Å²) in [4.78, 5) is 27.7. The first-order valence-corrected chi connectivity index (χ1v) is 8.78. The van der Waals surface area contributed by atoms with E-state index in [4.69, 9.17) is 0 Å². The number of hydrogen-bond donors (Lipinski definition) is 0. The van der Waals surface area contributed by atoms with E-state index < -0.39 is 0 Å². The maximum absolute atomic E-state index is 13.0. The molecule has 1 aromatic carbocycles. The smallest absolute Gasteiger partial charge is 0.277 e. The van der Waals surface area contributed by atoms with E-state index in [2.05, 4.69) is 27.1 Å². The van der Waals surface area contributed by atoms with Crippen molar-refractivity contribution in [3.8, 4) is 10.7 Å². The van der Waals surface area contributed by atoms with Crippen LogP contribution >= 0.6 is 11.3 Å². The van der Waals surface area contributed by atoms with E-state index in [9.17, 15) is 4.79 Å². The van der Waals surface area contributed by atoms with Crippen LogP contribution in [0.25, 0.3) is 10.7 Å². The Labute approximate surface area is 143 Å². The Morgan fingerprint density at radius 3 is 2.88 bits per heavy atom. The lowest BCUT2D eigenvalue weighted by molar-refractivity contribution is 0.0983. The van der Waals surface area contributed by atoms with Gasteiger partial charge in [-0.15, -0.1) is 11.3 Å². The minimum absolute atomic E-state index is 0.0300. The minimum Gasteiger partial charge on any atom is -0.306 e. The summed E-state index contributed by atoms with van der Waals surface area (Å²) in [5, 5.41) is 2.53. The Bertz CT molecular complexity index is 933. The van der Waals surface area contributed by atoms with Gasteiger partial charge in [0.1, 0.15) is 16.4 Å². The van der Waals surface area contributed by atoms with Gasteiger partial charge >= 0.3 is 0 Å². The van der Waals surface area contributed by atoms with Crippen molar-refractivity contribution in [1.82, 2.24) is 15.0 Å². The summed E-state index contributed by atoms with van der Waals surface area (Å²) in [6.45, 7) is 0.767. The predicted molar refractivity (Wildman–Crippen MR) is 92.2 cm³/mol. The molecule has 1 aliphatic carbocycles. The molecule has 0 saturated heterocycles. The SMILES string of the molecule is O=C(c1csc(-c2cnccn2)n1)N1CC2(CC2)c2ccccc21. The van der Waals surface area contributed by atoms with E-state index in [1.54, 1.807) is 18.6 Å². The molecule has 0 radical (unpaired) electrons. The van der Waals surface area contributed by atoms with E-state index in [0.717, 1.165) is 30.1 Å². The number of benzene rings is 1. The third-order valence-corrected chi connectivity index (χ3v) is 5.70. The van der Waals surface area contributed by atoms with Crippen LogP contribution in [0.3, 0.4) is 0 Å². The Balaban J connectivity index is 1.49. The highest BCUT2D eigenvalue weighted by atomic mass is 32.1. The van der Waals surface area contributed by atoms with Crippen LogP contribution in [0.15, 0.2) is 48.2 Å². The van der Waals surface area contributed by atoms with Crippen LogP contribution in [-0.4, -0.2) is 27.4 Å². The van der Waals surface area contributed by atoms with Crippen LogP contribution < -0.4 is 4.90 Å². The van der Waals surface area contributed by atoms with Crippen molar-refractivity contribution in [2.45, 2.75) is 18.3 Å². The zero-order valence-electron chi connectivity index (χ0n) is 12.8. The van der Waals surface area contributed by atoms with Gasteiger partial charge in [0.05, 0.1) is 6.20 Å². The number of aromatic nitrogens is 3. The molecule has 5 rings (SSSR count). The number of carbonyl (C=O) groups excluding carboxylic acids is 1. The number of anilines is 1. The first-order chi connectivity index (χ1) is 11.8. The van der Waals surface area contributed by atoms with E-state index in [0.29, 0.717) is 11.4 Å². The maximum Gasteiger partial charge on any atom is 0.277 e. The lowest BCUT2D eigenvalue weighted by Crippen LogP contribution is -2.31. The number of hydrogen-bond acceptors (Lipinski definition) is 5. The molecule has 24 heavy (non-hydrogen) atoms. The van der Waals surface area contributed by atoms with Crippen LogP contribution in [-0.2, 0) is 5.41 Å². The number of fused-ring (bicyclic) bond motifs is 2. The van der Waals surface area contributed by atoms with Crippen molar-refractivity contribution in [3.05, 3.63) is 59.5 Å². The molecule has 1 fully saturated rings. The fourth-order valence-corrected chi connectivity index (χ4v) is 4.18. The molecular weight excluding hydrogens is 320 g/mol. The molecule has 1 amide bonds. The number of nitrogens with zero attached hydrogens (tertiary/aromatic N) is 4. The van der Waals surface area contributed by atoms with Crippen molar-refractivity contribution in [1.29, 1.82) is 0 Å². The number of amides is 1. The molecule has 2 aliphatic rings. The molecule has 0 unspecified atom stereocenters. The third-order valence-electron chi connectivity index (χ3n) is 4.83. The van der Waals surface area contributed by atoms with Crippen LogP contribution in [0, 0.1) is 0 Å². The average molecular weight is 334 g/mol. The lowest BCUT2D eigenvalue weighted by atomic mass is 9.99. The van der Waals surface area contributed by atoms with Gasteiger partial charge in [-0.2, -0.15) is 0 Å². The van der Waals surface area contributed by atoms with Crippen LogP contribution in [0.1, 0.15) is 28.9 Å². The van der Waals surface area contributed by atoms with Gasteiger partial charge in [-0.1, -0.05) is 18.2 Å². The zero-order valence-corrected chi connectivity index (χ0v) is 13.7. The molecule has 2 aromatic heterocycles. The molecule has 3 aromatic rings. The van der Waals surface area contributed by atoms with Crippen molar-refractivity contribution in [2.75, 3.05) is 11.4 Å². The number of para-hydroxylation sites is 1. The van der Waals surface area contributed by atoms with E-state index in [1.165, 1.54) is 16.9 Å². The second-order valence-electron chi connectivity index (χ2n) is 6.32. The van der Waals surface area contributed by atoms with Crippen molar-refractivity contribution < 1.29 is 4.79 Å². The van der Waals surface area contributed by atoms with Crippen molar-refractivity contribution in [3.63, 3.8) is 0 Å². The summed E-state index contributed by atoms with van der Waals surface area (Å²) in [5.74, 6) is -0.0300. The van der Waals surface area contributed by atoms with E-state index in [1.807, 2.05) is 22.4 Å². The second kappa shape index (κ2) is 4.95. The summed E-state index contributed by atoms with van der Waals surface area (Å²) in [5.41, 5.74) is 3.71. The van der Waals surface area contributed by atoms with Gasteiger partial charge in [-0.25, -0.2) is 4.98 Å². The highest BCUT2D eigenvalue weighted by molar-refractivity contribution is 7.13. The quantitative estimate of drug-likeness (QED) is 0.721. The van der Waals surface area contributed by atoms with Gasteiger partial charge in [0.15, 0.2) is 0 Å². The molecule has 5 nitrogen and oxygen atoms in total. The Morgan fingerprint density at radius 2 is 2.08 bits per heavy atom. The first-order valence-electron chi connectivity index (χ1n) is 7.90. The summed E-state index contributed by atoms with van der Waals surface area (Å²) in [6.07, 6.45) is 7.24. The largest absolute Gasteiger partial charge is 0.306 e. The number of thiazole rings is 1. The maximum atomic E-state index is 13.0. The Hall–Kier alpha value is -2.60. The minimum atomic E-state index is -0.0300. The fraction of sp³-hybridized carbons (Fsp3) is 0.222. The Morgan fingerprint density at radius 1 is 1.21 bits per heavy atom. The van der Waals surface area contributed by atoms with E-state index >= 15 is 0 Å². The van der Waals surface area contributed by atoms with Crippen molar-refractivity contribution in [2.24, 2.45) is 0 Å². The monoisotopic (exact) mass is 334 g/mol. The van der Waals surface area contributed by atoms with Gasteiger partial charge in [-0.05, 0) is 24.5 Å². The molecule has 6 heteroatoms. The molecule has 3 heterocycles. The summed E-state index contributed by atoms with van der Waals surface area (Å²) >= 11 is 1.43. The molecule has 118 valence electrons. The lowest BCUT2D eigenvalue weighted by Gasteiger charge is -2.16. The number of rotatable bonds is 2. The second-order valence-corrected chi connectivity index (χ2v) is 7.18. The average Bonchev–Trinajstić information content (AvgIpc) is 3.12. The van der Waals surface area contributed by atoms with Crippen LogP contribution in [0.2, 0.25) is 0 Å². The predicted octanol–water partition coefficient (Wildman–Crippen LogP) is 3.29. The van der Waals surface area contributed by atoms with E-state index in [-0.39, 0.29) is 11.3 Å². The third kappa shape index (κ3) is 1.99. The van der Waals surface area contributed by atoms with Gasteiger partial charge in [0, 0.05) is 35.4 Å². The summed E-state index contributed by atoms with van der Waals surface area (Å²) in [7, 11) is 0. The summed E-state index contributed by atoms with van der Waals surface area (Å²) in [6, 6.07) is 8.24. The standard InChI is InChI=1S/C18H14N4OS/c23-17(14-10-24-16(21-14)13-9-19-7-8-20-13)22-11-18(5-6-18)12-3-1-2-4-15(12)22/h1-4,7-10H,5-6,11H2. The highest BCUT2D eigenvalue weighted by Crippen LogP contribution is 2.56. The fourth-order valence-electron chi connectivity index (χ4n) is 3.43. The molecule has 1 spiro atoms. The molecule has 0 atom stereocenters. The van der Waals surface area contributed by atoms with Gasteiger partial charge < -0.3 is 4.90 Å². The molecule has 0 N–H and O–H groups in total. The number of carbonyl (C=O) groups is 1. The molecular formula is C18H14N4OS. The van der Waals surface area contributed by atoms with Crippen LogP contribution in [0.5, 0.6) is 0 Å². The Kier molecular flexibility index (Phi) is 2.84. The molecule has 1 aliphatic heterocycles. The summed E-state index contributed by atoms with van der Waals surface area (Å²) < 4.78 is 0. The van der Waals surface area contributed by atoms with Crippen LogP contribution in [0.4, 0.5) is 5.69 Å². The van der Waals surface area contributed by atoms with Crippen molar-refractivity contribution >= 4 is 22.9 Å². The highest BCUT2D eigenvalue weighted by Gasteiger charge is 2.53. The van der Waals surface area contributed by atoms with Gasteiger partial charge in [-0.3, -0.25) is 14.8 Å². The van der Waals surface area contributed by atoms with Gasteiger partial charge in [0.25, 0.3) is 5.91 Å². The topological polar surface area (TPSA) is 59.0 Å². The molecule has 0 bridgehead atoms. The molecule has 1 saturated carbocycles. The van der Waals surface area contributed by atoms with Gasteiger partial charge in [0.2, 0.25) is 0 Å².